The molecule has 0 aromatic heterocycles. The number of hydrogen-bond acceptors (Lipinski definition) is 3. The lowest BCUT2D eigenvalue weighted by Crippen LogP contribution is -1.77. The van der Waals surface area contributed by atoms with E-state index < -0.39 is 0 Å². The van der Waals surface area contributed by atoms with Crippen molar-refractivity contribution in [3.05, 3.63) is 59.7 Å². The Labute approximate surface area is 106 Å². The standard InChI is InChI=1S/C14H12O2S/c15-13-8-6-11(7-9-13)4-5-12-2-1-3-14(10-12)16-17/h1-10,15,17H/b5-4+. The quantitative estimate of drug-likeness (QED) is 0.489. The van der Waals surface area contributed by atoms with Crippen LogP contribution in [0.2, 0.25) is 0 Å². The van der Waals surface area contributed by atoms with E-state index in [1.807, 2.05) is 48.6 Å². The van der Waals surface area contributed by atoms with Gasteiger partial charge in [0.15, 0.2) is 0 Å². The molecule has 2 aromatic rings. The predicted octanol–water partition coefficient (Wildman–Crippen LogP) is 3.79. The normalized spacial score (nSPS) is 10.6. The number of aromatic hydroxyl groups is 1. The van der Waals surface area contributed by atoms with Gasteiger partial charge in [-0.2, -0.15) is 0 Å². The van der Waals surface area contributed by atoms with E-state index in [1.54, 1.807) is 12.1 Å². The topological polar surface area (TPSA) is 29.5 Å². The largest absolute Gasteiger partial charge is 0.508 e. The van der Waals surface area contributed by atoms with Crippen LogP contribution in [-0.2, 0) is 0 Å². The van der Waals surface area contributed by atoms with E-state index in [9.17, 15) is 0 Å². The molecule has 86 valence electrons. The van der Waals surface area contributed by atoms with E-state index in [1.165, 1.54) is 0 Å². The molecule has 17 heavy (non-hydrogen) atoms. The third kappa shape index (κ3) is 3.29. The Bertz CT molecular complexity index is 518. The average molecular weight is 244 g/mol. The zero-order valence-corrected chi connectivity index (χ0v) is 9.97. The molecule has 0 atom stereocenters. The van der Waals surface area contributed by atoms with Crippen LogP contribution in [0.15, 0.2) is 48.5 Å². The number of phenolic OH excluding ortho intramolecular Hbond substituents is 1. The number of benzene rings is 2. The van der Waals surface area contributed by atoms with Crippen LogP contribution < -0.4 is 4.18 Å². The summed E-state index contributed by atoms with van der Waals surface area (Å²) >= 11 is 3.75. The van der Waals surface area contributed by atoms with Gasteiger partial charge in [0, 0.05) is 12.9 Å². The van der Waals surface area contributed by atoms with Gasteiger partial charge in [-0.25, -0.2) is 0 Å². The predicted molar refractivity (Wildman–Crippen MR) is 73.1 cm³/mol. The first-order valence-electron chi connectivity index (χ1n) is 5.16. The molecular weight excluding hydrogens is 232 g/mol. The van der Waals surface area contributed by atoms with Gasteiger partial charge in [0.25, 0.3) is 0 Å². The molecule has 0 amide bonds. The summed E-state index contributed by atoms with van der Waals surface area (Å²) in [5.74, 6) is 0.980. The van der Waals surface area contributed by atoms with E-state index in [0.717, 1.165) is 11.1 Å². The minimum absolute atomic E-state index is 0.271. The first-order valence-corrected chi connectivity index (χ1v) is 5.53. The third-order valence-electron chi connectivity index (χ3n) is 2.32. The first-order chi connectivity index (χ1) is 8.28. The highest BCUT2D eigenvalue weighted by Gasteiger charge is 1.92. The molecule has 0 aliphatic carbocycles. The average Bonchev–Trinajstić information content (AvgIpc) is 2.38. The fraction of sp³-hybridized carbons (Fsp3) is 0. The van der Waals surface area contributed by atoms with Crippen molar-refractivity contribution in [2.75, 3.05) is 0 Å². The monoisotopic (exact) mass is 244 g/mol. The molecule has 0 aliphatic heterocycles. The Kier molecular flexibility index (Phi) is 3.73. The molecule has 0 spiro atoms. The van der Waals surface area contributed by atoms with Crippen molar-refractivity contribution in [1.82, 2.24) is 0 Å². The van der Waals surface area contributed by atoms with Gasteiger partial charge in [-0.15, -0.1) is 0 Å². The van der Waals surface area contributed by atoms with Gasteiger partial charge in [0.1, 0.15) is 11.5 Å². The highest BCUT2D eigenvalue weighted by molar-refractivity contribution is 7.75. The first kappa shape index (κ1) is 11.6. The van der Waals surface area contributed by atoms with Crippen molar-refractivity contribution in [1.29, 1.82) is 0 Å². The lowest BCUT2D eigenvalue weighted by atomic mass is 10.1. The SMILES string of the molecule is Oc1ccc(/C=C/c2cccc(OS)c2)cc1. The highest BCUT2D eigenvalue weighted by Crippen LogP contribution is 2.17. The summed E-state index contributed by atoms with van der Waals surface area (Å²) in [7, 11) is 0. The zero-order chi connectivity index (χ0) is 12.1. The Morgan fingerprint density at radius 3 is 2.35 bits per heavy atom. The molecule has 0 unspecified atom stereocenters. The molecule has 0 fully saturated rings. The molecule has 0 heterocycles. The van der Waals surface area contributed by atoms with Crippen molar-refractivity contribution in [3.8, 4) is 11.5 Å². The summed E-state index contributed by atoms with van der Waals surface area (Å²) in [6, 6.07) is 14.6. The van der Waals surface area contributed by atoms with Gasteiger partial charge < -0.3 is 9.29 Å². The van der Waals surface area contributed by atoms with Crippen LogP contribution in [0.3, 0.4) is 0 Å². The summed E-state index contributed by atoms with van der Waals surface area (Å²) in [5, 5.41) is 9.16. The van der Waals surface area contributed by atoms with Gasteiger partial charge >= 0.3 is 0 Å². The maximum Gasteiger partial charge on any atom is 0.137 e. The molecule has 0 saturated heterocycles. The number of rotatable bonds is 3. The summed E-state index contributed by atoms with van der Waals surface area (Å²) in [6.45, 7) is 0. The fourth-order valence-corrected chi connectivity index (χ4v) is 1.57. The van der Waals surface area contributed by atoms with Gasteiger partial charge in [0.2, 0.25) is 0 Å². The van der Waals surface area contributed by atoms with Crippen LogP contribution in [0, 0.1) is 0 Å². The van der Waals surface area contributed by atoms with Crippen LogP contribution in [0.4, 0.5) is 0 Å². The molecule has 3 heteroatoms. The summed E-state index contributed by atoms with van der Waals surface area (Å²) in [5.41, 5.74) is 2.06. The highest BCUT2D eigenvalue weighted by atomic mass is 32.1. The van der Waals surface area contributed by atoms with Gasteiger partial charge in [0.05, 0.1) is 0 Å². The fourth-order valence-electron chi connectivity index (χ4n) is 1.45. The number of phenols is 1. The lowest BCUT2D eigenvalue weighted by molar-refractivity contribution is 0.475. The van der Waals surface area contributed by atoms with Crippen LogP contribution in [0.1, 0.15) is 11.1 Å². The molecule has 2 aromatic carbocycles. The Morgan fingerprint density at radius 2 is 1.65 bits per heavy atom. The number of thiol groups is 1. The summed E-state index contributed by atoms with van der Waals surface area (Å²) < 4.78 is 4.85. The second kappa shape index (κ2) is 5.46. The minimum atomic E-state index is 0.271. The van der Waals surface area contributed by atoms with Crippen molar-refractivity contribution in [2.24, 2.45) is 0 Å². The molecule has 1 N–H and O–H groups in total. The molecular formula is C14H12O2S. The minimum Gasteiger partial charge on any atom is -0.508 e. The van der Waals surface area contributed by atoms with Crippen molar-refractivity contribution in [3.63, 3.8) is 0 Å². The molecule has 0 bridgehead atoms. The second-order valence-corrected chi connectivity index (χ2v) is 3.77. The summed E-state index contributed by atoms with van der Waals surface area (Å²) in [4.78, 5) is 0. The molecule has 0 saturated carbocycles. The van der Waals surface area contributed by atoms with E-state index in [4.69, 9.17) is 9.29 Å². The Balaban J connectivity index is 2.16. The maximum absolute atomic E-state index is 9.16. The maximum atomic E-state index is 9.16. The van der Waals surface area contributed by atoms with Crippen LogP contribution in [-0.4, -0.2) is 5.11 Å². The lowest BCUT2D eigenvalue weighted by Gasteiger charge is -1.99. The van der Waals surface area contributed by atoms with E-state index in [-0.39, 0.29) is 5.75 Å². The van der Waals surface area contributed by atoms with Crippen molar-refractivity contribution >= 4 is 25.1 Å². The molecule has 2 nitrogen and oxygen atoms in total. The van der Waals surface area contributed by atoms with E-state index in [0.29, 0.717) is 5.75 Å². The van der Waals surface area contributed by atoms with Gasteiger partial charge in [-0.3, -0.25) is 0 Å². The van der Waals surface area contributed by atoms with Gasteiger partial charge in [-0.05, 0) is 35.4 Å². The van der Waals surface area contributed by atoms with E-state index in [2.05, 4.69) is 12.9 Å². The zero-order valence-electron chi connectivity index (χ0n) is 9.08. The molecule has 0 aliphatic rings. The Hall–Kier alpha value is -1.87. The van der Waals surface area contributed by atoms with Crippen LogP contribution in [0.5, 0.6) is 11.5 Å². The third-order valence-corrected chi connectivity index (χ3v) is 2.54. The summed E-state index contributed by atoms with van der Waals surface area (Å²) in [6.07, 6.45) is 3.94. The van der Waals surface area contributed by atoms with Crippen LogP contribution in [0.25, 0.3) is 12.2 Å². The molecule has 0 radical (unpaired) electrons. The van der Waals surface area contributed by atoms with Crippen LogP contribution >= 0.6 is 12.9 Å². The number of hydrogen-bond donors (Lipinski definition) is 2. The molecule has 2 rings (SSSR count). The van der Waals surface area contributed by atoms with Crippen molar-refractivity contribution in [2.45, 2.75) is 0 Å². The smallest absolute Gasteiger partial charge is 0.137 e. The van der Waals surface area contributed by atoms with E-state index >= 15 is 0 Å². The second-order valence-electron chi connectivity index (χ2n) is 3.59. The van der Waals surface area contributed by atoms with Crippen molar-refractivity contribution < 1.29 is 9.29 Å². The van der Waals surface area contributed by atoms with Gasteiger partial charge in [-0.1, -0.05) is 36.4 Å². The Morgan fingerprint density at radius 1 is 0.941 bits per heavy atom.